The maximum Gasteiger partial charge on any atom is 0.454 e. The molecule has 23 heavy (non-hydrogen) atoms. The average Bonchev–Trinajstić information content (AvgIpc) is 2.49. The van der Waals surface area contributed by atoms with Crippen molar-refractivity contribution in [2.75, 3.05) is 11.9 Å². The number of alkyl halides is 3. The summed E-state index contributed by atoms with van der Waals surface area (Å²) < 4.78 is 36.4. The van der Waals surface area contributed by atoms with Crippen LogP contribution in [0.25, 0.3) is 0 Å². The van der Waals surface area contributed by atoms with Crippen molar-refractivity contribution in [3.8, 4) is 0 Å². The predicted octanol–water partition coefficient (Wildman–Crippen LogP) is 2.91. The molecule has 0 aliphatic carbocycles. The van der Waals surface area contributed by atoms with Crippen LogP contribution in [-0.4, -0.2) is 31.0 Å². The van der Waals surface area contributed by atoms with Crippen LogP contribution in [0.5, 0.6) is 0 Å². The van der Waals surface area contributed by atoms with Crippen LogP contribution in [-0.2, 0) is 9.59 Å². The average molecular weight is 328 g/mol. The summed E-state index contributed by atoms with van der Waals surface area (Å²) in [6.07, 6.45) is -3.67. The normalized spacial score (nSPS) is 13.2. The summed E-state index contributed by atoms with van der Waals surface area (Å²) in [5, 5.41) is 2.58. The zero-order chi connectivity index (χ0) is 17.6. The number of halogens is 3. The van der Waals surface area contributed by atoms with E-state index < -0.39 is 18.0 Å². The van der Waals surface area contributed by atoms with Crippen molar-refractivity contribution in [3.63, 3.8) is 0 Å². The van der Waals surface area contributed by atoms with E-state index in [0.717, 1.165) is 6.20 Å². The molecule has 1 amide bonds. The van der Waals surface area contributed by atoms with E-state index in [9.17, 15) is 22.8 Å². The Kier molecular flexibility index (Phi) is 6.36. The molecule has 126 valence electrons. The van der Waals surface area contributed by atoms with Gasteiger partial charge in [0.1, 0.15) is 6.04 Å². The first-order valence-electron chi connectivity index (χ1n) is 7.01. The quantitative estimate of drug-likeness (QED) is 0.817. The standard InChI is InChI=1S/C16H19F3N2O2/c1-11(2)14(20-10-9-13(22)16(17,18)19)15(23)21(3)12-7-5-4-6-8-12/h4-11,14,20H,1-3H3/b10-9+. The third-order valence-corrected chi connectivity index (χ3v) is 3.20. The lowest BCUT2D eigenvalue weighted by molar-refractivity contribution is -0.165. The molecule has 1 rings (SSSR count). The van der Waals surface area contributed by atoms with Gasteiger partial charge in [0.25, 0.3) is 5.78 Å². The Balaban J connectivity index is 2.81. The highest BCUT2D eigenvalue weighted by Crippen LogP contribution is 2.17. The van der Waals surface area contributed by atoms with Gasteiger partial charge in [0.05, 0.1) is 0 Å². The molecule has 0 spiro atoms. The number of likely N-dealkylation sites (N-methyl/N-ethyl adjacent to an activating group) is 1. The van der Waals surface area contributed by atoms with Gasteiger partial charge in [0.2, 0.25) is 5.91 Å². The number of hydrogen-bond donors (Lipinski definition) is 1. The van der Waals surface area contributed by atoms with Gasteiger partial charge >= 0.3 is 6.18 Å². The third-order valence-electron chi connectivity index (χ3n) is 3.20. The highest BCUT2D eigenvalue weighted by molar-refractivity contribution is 5.97. The molecule has 0 heterocycles. The molecule has 0 bridgehead atoms. The number of hydrogen-bond acceptors (Lipinski definition) is 3. The SMILES string of the molecule is CC(C)C(N/C=C/C(=O)C(F)(F)F)C(=O)N(C)c1ccccc1. The molecule has 1 atom stereocenters. The second-order valence-corrected chi connectivity index (χ2v) is 5.32. The van der Waals surface area contributed by atoms with Gasteiger partial charge in [0, 0.05) is 25.0 Å². The number of nitrogens with zero attached hydrogens (tertiary/aromatic N) is 1. The van der Waals surface area contributed by atoms with E-state index >= 15 is 0 Å². The Morgan fingerprint density at radius 2 is 1.74 bits per heavy atom. The Morgan fingerprint density at radius 1 is 1.17 bits per heavy atom. The van der Waals surface area contributed by atoms with Gasteiger partial charge in [-0.3, -0.25) is 9.59 Å². The first-order valence-corrected chi connectivity index (χ1v) is 7.01. The van der Waals surface area contributed by atoms with Crippen LogP contribution in [0, 0.1) is 5.92 Å². The van der Waals surface area contributed by atoms with E-state index in [4.69, 9.17) is 0 Å². The van der Waals surface area contributed by atoms with Crippen LogP contribution in [0.15, 0.2) is 42.6 Å². The van der Waals surface area contributed by atoms with Crippen LogP contribution >= 0.6 is 0 Å². The summed E-state index contributed by atoms with van der Waals surface area (Å²) in [4.78, 5) is 24.7. The fourth-order valence-corrected chi connectivity index (χ4v) is 1.86. The molecule has 4 nitrogen and oxygen atoms in total. The minimum atomic E-state index is -4.92. The number of para-hydroxylation sites is 1. The second-order valence-electron chi connectivity index (χ2n) is 5.32. The lowest BCUT2D eigenvalue weighted by Crippen LogP contribution is -2.46. The number of benzene rings is 1. The molecule has 0 aliphatic rings. The largest absolute Gasteiger partial charge is 0.454 e. The lowest BCUT2D eigenvalue weighted by atomic mass is 10.0. The van der Waals surface area contributed by atoms with Crippen molar-refractivity contribution in [3.05, 3.63) is 42.6 Å². The topological polar surface area (TPSA) is 49.4 Å². The van der Waals surface area contributed by atoms with Crippen molar-refractivity contribution >= 4 is 17.4 Å². The number of rotatable bonds is 6. The van der Waals surface area contributed by atoms with E-state index in [-0.39, 0.29) is 11.8 Å². The van der Waals surface area contributed by atoms with Crippen molar-refractivity contribution in [2.24, 2.45) is 5.92 Å². The first kappa shape index (κ1) is 18.7. The molecule has 1 N–H and O–H groups in total. The van der Waals surface area contributed by atoms with Gasteiger partial charge in [-0.25, -0.2) is 0 Å². The van der Waals surface area contributed by atoms with Crippen molar-refractivity contribution < 1.29 is 22.8 Å². The van der Waals surface area contributed by atoms with Gasteiger partial charge in [0.15, 0.2) is 0 Å². The molecule has 0 fully saturated rings. The molecule has 7 heteroatoms. The molecule has 0 aliphatic heterocycles. The summed E-state index contributed by atoms with van der Waals surface area (Å²) in [5.74, 6) is -2.47. The summed E-state index contributed by atoms with van der Waals surface area (Å²) in [7, 11) is 1.58. The molecule has 0 saturated heterocycles. The third kappa shape index (κ3) is 5.43. The molecule has 0 aromatic heterocycles. The number of amides is 1. The Bertz CT molecular complexity index is 568. The minimum Gasteiger partial charge on any atom is -0.379 e. The van der Waals surface area contributed by atoms with Crippen molar-refractivity contribution in [2.45, 2.75) is 26.1 Å². The van der Waals surface area contributed by atoms with E-state index in [1.807, 2.05) is 6.07 Å². The summed E-state index contributed by atoms with van der Waals surface area (Å²) in [5.41, 5.74) is 0.667. The zero-order valence-electron chi connectivity index (χ0n) is 13.1. The minimum absolute atomic E-state index is 0.181. The molecule has 0 radical (unpaired) electrons. The van der Waals surface area contributed by atoms with E-state index in [0.29, 0.717) is 11.8 Å². The van der Waals surface area contributed by atoms with E-state index in [1.165, 1.54) is 4.90 Å². The van der Waals surface area contributed by atoms with Gasteiger partial charge < -0.3 is 10.2 Å². The Hall–Kier alpha value is -2.31. The zero-order valence-corrected chi connectivity index (χ0v) is 13.1. The van der Waals surface area contributed by atoms with Gasteiger partial charge in [-0.1, -0.05) is 32.0 Å². The van der Waals surface area contributed by atoms with Gasteiger partial charge in [-0.2, -0.15) is 13.2 Å². The first-order chi connectivity index (χ1) is 10.6. The van der Waals surface area contributed by atoms with E-state index in [2.05, 4.69) is 5.32 Å². The molecule has 1 unspecified atom stereocenters. The number of allylic oxidation sites excluding steroid dienone is 1. The fourth-order valence-electron chi connectivity index (χ4n) is 1.86. The van der Waals surface area contributed by atoms with Gasteiger partial charge in [-0.05, 0) is 18.1 Å². The molecular weight excluding hydrogens is 309 g/mol. The van der Waals surface area contributed by atoms with Crippen molar-refractivity contribution in [1.29, 1.82) is 0 Å². The Labute approximate surface area is 133 Å². The molecule has 1 aromatic carbocycles. The maximum absolute atomic E-state index is 12.5. The number of anilines is 1. The molecule has 0 saturated carbocycles. The molecule has 1 aromatic rings. The highest BCUT2D eigenvalue weighted by atomic mass is 19.4. The number of ketones is 1. The smallest absolute Gasteiger partial charge is 0.379 e. The van der Waals surface area contributed by atoms with Gasteiger partial charge in [-0.15, -0.1) is 0 Å². The summed E-state index contributed by atoms with van der Waals surface area (Å²) in [6, 6.07) is 8.11. The highest BCUT2D eigenvalue weighted by Gasteiger charge is 2.36. The second kappa shape index (κ2) is 7.80. The summed E-state index contributed by atoms with van der Waals surface area (Å²) in [6.45, 7) is 3.52. The summed E-state index contributed by atoms with van der Waals surface area (Å²) >= 11 is 0. The van der Waals surface area contributed by atoms with E-state index in [1.54, 1.807) is 45.2 Å². The van der Waals surface area contributed by atoms with Crippen LogP contribution in [0.1, 0.15) is 13.8 Å². The maximum atomic E-state index is 12.5. The predicted molar refractivity (Wildman–Crippen MR) is 81.8 cm³/mol. The fraction of sp³-hybridized carbons (Fsp3) is 0.375. The molecular formula is C16H19F3N2O2. The number of carbonyl (C=O) groups excluding carboxylic acids is 2. The van der Waals surface area contributed by atoms with Crippen LogP contribution in [0.2, 0.25) is 0 Å². The number of carbonyl (C=O) groups is 2. The van der Waals surface area contributed by atoms with Crippen molar-refractivity contribution in [1.82, 2.24) is 5.32 Å². The van der Waals surface area contributed by atoms with Crippen LogP contribution < -0.4 is 10.2 Å². The lowest BCUT2D eigenvalue weighted by Gasteiger charge is -2.26. The van der Waals surface area contributed by atoms with Crippen LogP contribution in [0.4, 0.5) is 18.9 Å². The van der Waals surface area contributed by atoms with Crippen LogP contribution in [0.3, 0.4) is 0 Å². The monoisotopic (exact) mass is 328 g/mol. The Morgan fingerprint density at radius 3 is 2.22 bits per heavy atom. The number of nitrogens with one attached hydrogen (secondary N) is 1.